The fraction of sp³-hybridized carbons (Fsp3) is 0.188. The van der Waals surface area contributed by atoms with Crippen molar-refractivity contribution in [2.24, 2.45) is 0 Å². The minimum atomic E-state index is 0.471. The van der Waals surface area contributed by atoms with E-state index in [9.17, 15) is 4.79 Å². The fourth-order valence-corrected chi connectivity index (χ4v) is 1.90. The van der Waals surface area contributed by atoms with Crippen LogP contribution in [0.1, 0.15) is 21.5 Å². The van der Waals surface area contributed by atoms with Gasteiger partial charge < -0.3 is 9.47 Å². The van der Waals surface area contributed by atoms with Crippen molar-refractivity contribution >= 4 is 6.29 Å². The summed E-state index contributed by atoms with van der Waals surface area (Å²) in [6.07, 6.45) is 0.802. The van der Waals surface area contributed by atoms with E-state index in [1.807, 2.05) is 37.3 Å². The molecule has 19 heavy (non-hydrogen) atoms. The van der Waals surface area contributed by atoms with Crippen LogP contribution in [0.3, 0.4) is 0 Å². The molecular weight excluding hydrogens is 240 g/mol. The average Bonchev–Trinajstić information content (AvgIpc) is 2.46. The first-order valence-corrected chi connectivity index (χ1v) is 6.05. The molecule has 0 atom stereocenters. The number of aryl methyl sites for hydroxylation is 1. The van der Waals surface area contributed by atoms with Crippen LogP contribution in [-0.2, 0) is 6.61 Å². The molecule has 0 radical (unpaired) electrons. The van der Waals surface area contributed by atoms with Gasteiger partial charge in [0, 0.05) is 5.56 Å². The Morgan fingerprint density at radius 2 is 1.89 bits per heavy atom. The van der Waals surface area contributed by atoms with Gasteiger partial charge in [0.25, 0.3) is 0 Å². The van der Waals surface area contributed by atoms with Crippen molar-refractivity contribution in [3.05, 3.63) is 59.2 Å². The Labute approximate surface area is 112 Å². The summed E-state index contributed by atoms with van der Waals surface area (Å²) in [5, 5.41) is 0. The van der Waals surface area contributed by atoms with Crippen molar-refractivity contribution < 1.29 is 14.3 Å². The molecule has 0 amide bonds. The van der Waals surface area contributed by atoms with Crippen LogP contribution in [0.2, 0.25) is 0 Å². The molecule has 0 spiro atoms. The highest BCUT2D eigenvalue weighted by Gasteiger charge is 2.10. The SMILES string of the molecule is COc1cc(C=O)cc(C)c1OCc1ccccc1. The summed E-state index contributed by atoms with van der Waals surface area (Å²) < 4.78 is 11.1. The molecule has 0 saturated heterocycles. The molecule has 0 aliphatic carbocycles. The van der Waals surface area contributed by atoms with Crippen molar-refractivity contribution in [1.29, 1.82) is 0 Å². The lowest BCUT2D eigenvalue weighted by molar-refractivity contribution is 0.112. The lowest BCUT2D eigenvalue weighted by atomic mass is 10.1. The molecule has 0 aliphatic heterocycles. The molecule has 0 bridgehead atoms. The van der Waals surface area contributed by atoms with Crippen molar-refractivity contribution in [3.8, 4) is 11.5 Å². The van der Waals surface area contributed by atoms with E-state index in [1.54, 1.807) is 19.2 Å². The standard InChI is InChI=1S/C16H16O3/c1-12-8-14(10-17)9-15(18-2)16(12)19-11-13-6-4-3-5-7-13/h3-10H,11H2,1-2H3. The van der Waals surface area contributed by atoms with E-state index in [-0.39, 0.29) is 0 Å². The van der Waals surface area contributed by atoms with E-state index in [2.05, 4.69) is 0 Å². The molecule has 0 aliphatic rings. The van der Waals surface area contributed by atoms with E-state index < -0.39 is 0 Å². The second-order valence-electron chi connectivity index (χ2n) is 4.26. The first-order valence-electron chi connectivity index (χ1n) is 6.05. The average molecular weight is 256 g/mol. The smallest absolute Gasteiger partial charge is 0.164 e. The van der Waals surface area contributed by atoms with E-state index in [4.69, 9.17) is 9.47 Å². The van der Waals surface area contributed by atoms with Gasteiger partial charge in [0.15, 0.2) is 11.5 Å². The van der Waals surface area contributed by atoms with Crippen LogP contribution < -0.4 is 9.47 Å². The summed E-state index contributed by atoms with van der Waals surface area (Å²) in [5.74, 6) is 1.26. The molecule has 3 heteroatoms. The van der Waals surface area contributed by atoms with Crippen molar-refractivity contribution in [3.63, 3.8) is 0 Å². The van der Waals surface area contributed by atoms with Crippen LogP contribution in [0, 0.1) is 6.92 Å². The Morgan fingerprint density at radius 1 is 1.16 bits per heavy atom. The number of ether oxygens (including phenoxy) is 2. The van der Waals surface area contributed by atoms with E-state index in [1.165, 1.54) is 0 Å². The number of hydrogen-bond acceptors (Lipinski definition) is 3. The Hall–Kier alpha value is -2.29. The summed E-state index contributed by atoms with van der Waals surface area (Å²) in [7, 11) is 1.57. The normalized spacial score (nSPS) is 10.0. The number of carbonyl (C=O) groups is 1. The van der Waals surface area contributed by atoms with Crippen molar-refractivity contribution in [2.45, 2.75) is 13.5 Å². The summed E-state index contributed by atoms with van der Waals surface area (Å²) in [6, 6.07) is 13.4. The first-order chi connectivity index (χ1) is 9.24. The minimum Gasteiger partial charge on any atom is -0.493 e. The van der Waals surface area contributed by atoms with Gasteiger partial charge in [-0.3, -0.25) is 4.79 Å². The second-order valence-corrected chi connectivity index (χ2v) is 4.26. The van der Waals surface area contributed by atoms with Crippen LogP contribution in [0.5, 0.6) is 11.5 Å². The third kappa shape index (κ3) is 3.13. The van der Waals surface area contributed by atoms with Crippen LogP contribution in [0.15, 0.2) is 42.5 Å². The summed E-state index contributed by atoms with van der Waals surface area (Å²) in [6.45, 7) is 2.37. The molecule has 0 heterocycles. The zero-order valence-electron chi connectivity index (χ0n) is 11.1. The van der Waals surface area contributed by atoms with E-state index in [0.29, 0.717) is 23.7 Å². The van der Waals surface area contributed by atoms with Gasteiger partial charge in [0.05, 0.1) is 7.11 Å². The topological polar surface area (TPSA) is 35.5 Å². The van der Waals surface area contributed by atoms with Crippen molar-refractivity contribution in [2.75, 3.05) is 7.11 Å². The van der Waals surface area contributed by atoms with Gasteiger partial charge in [-0.2, -0.15) is 0 Å². The lowest BCUT2D eigenvalue weighted by Crippen LogP contribution is -2.00. The Kier molecular flexibility index (Phi) is 4.18. The van der Waals surface area contributed by atoms with E-state index >= 15 is 0 Å². The van der Waals surface area contributed by atoms with Gasteiger partial charge in [0.2, 0.25) is 0 Å². The predicted molar refractivity (Wildman–Crippen MR) is 73.9 cm³/mol. The molecule has 2 aromatic carbocycles. The maximum Gasteiger partial charge on any atom is 0.164 e. The third-order valence-electron chi connectivity index (χ3n) is 2.84. The Morgan fingerprint density at radius 3 is 2.53 bits per heavy atom. The summed E-state index contributed by atoms with van der Waals surface area (Å²) in [5.41, 5.74) is 2.56. The largest absolute Gasteiger partial charge is 0.493 e. The van der Waals surface area contributed by atoms with Gasteiger partial charge in [-0.15, -0.1) is 0 Å². The highest BCUT2D eigenvalue weighted by atomic mass is 16.5. The molecule has 2 aromatic rings. The lowest BCUT2D eigenvalue weighted by Gasteiger charge is -2.14. The number of benzene rings is 2. The van der Waals surface area contributed by atoms with Crippen LogP contribution in [0.4, 0.5) is 0 Å². The van der Waals surface area contributed by atoms with Gasteiger partial charge in [-0.05, 0) is 30.2 Å². The molecule has 0 N–H and O–H groups in total. The van der Waals surface area contributed by atoms with Crippen LogP contribution in [-0.4, -0.2) is 13.4 Å². The zero-order valence-corrected chi connectivity index (χ0v) is 11.1. The number of aldehydes is 1. The van der Waals surface area contributed by atoms with E-state index in [0.717, 1.165) is 17.4 Å². The first kappa shape index (κ1) is 13.1. The number of hydrogen-bond donors (Lipinski definition) is 0. The summed E-state index contributed by atoms with van der Waals surface area (Å²) >= 11 is 0. The van der Waals surface area contributed by atoms with Gasteiger partial charge in [0.1, 0.15) is 12.9 Å². The van der Waals surface area contributed by atoms with Crippen LogP contribution in [0.25, 0.3) is 0 Å². The van der Waals surface area contributed by atoms with Crippen molar-refractivity contribution in [1.82, 2.24) is 0 Å². The fourth-order valence-electron chi connectivity index (χ4n) is 1.90. The third-order valence-corrected chi connectivity index (χ3v) is 2.84. The molecule has 0 saturated carbocycles. The van der Waals surface area contributed by atoms with Crippen LogP contribution >= 0.6 is 0 Å². The number of carbonyl (C=O) groups excluding carboxylic acids is 1. The van der Waals surface area contributed by atoms with Gasteiger partial charge in [-0.1, -0.05) is 30.3 Å². The molecule has 98 valence electrons. The molecule has 0 fully saturated rings. The highest BCUT2D eigenvalue weighted by molar-refractivity contribution is 5.77. The molecule has 0 unspecified atom stereocenters. The molecule has 3 nitrogen and oxygen atoms in total. The van der Waals surface area contributed by atoms with Gasteiger partial charge >= 0.3 is 0 Å². The number of rotatable bonds is 5. The zero-order chi connectivity index (χ0) is 13.7. The predicted octanol–water partition coefficient (Wildman–Crippen LogP) is 3.40. The molecule has 0 aromatic heterocycles. The Balaban J connectivity index is 2.22. The Bertz CT molecular complexity index is 562. The quantitative estimate of drug-likeness (QED) is 0.769. The maximum absolute atomic E-state index is 10.8. The number of methoxy groups -OCH3 is 1. The monoisotopic (exact) mass is 256 g/mol. The van der Waals surface area contributed by atoms with Gasteiger partial charge in [-0.25, -0.2) is 0 Å². The molecular formula is C16H16O3. The molecule has 2 rings (SSSR count). The summed E-state index contributed by atoms with van der Waals surface area (Å²) in [4.78, 5) is 10.8. The highest BCUT2D eigenvalue weighted by Crippen LogP contribution is 2.32. The minimum absolute atomic E-state index is 0.471. The second kappa shape index (κ2) is 6.05. The maximum atomic E-state index is 10.8.